The summed E-state index contributed by atoms with van der Waals surface area (Å²) in [6.07, 6.45) is -0.324. The van der Waals surface area contributed by atoms with E-state index in [0.717, 1.165) is 18.9 Å². The predicted molar refractivity (Wildman–Crippen MR) is 74.4 cm³/mol. The van der Waals surface area contributed by atoms with E-state index < -0.39 is 18.0 Å². The first-order valence-electron chi connectivity index (χ1n) is 6.00. The normalized spacial score (nSPS) is 10.0. The number of nitrogens with zero attached hydrogens (tertiary/aromatic N) is 2. The Bertz CT molecular complexity index is 576. The van der Waals surface area contributed by atoms with E-state index in [9.17, 15) is 19.5 Å². The van der Waals surface area contributed by atoms with Crippen LogP contribution in [-0.2, 0) is 16.0 Å². The van der Waals surface area contributed by atoms with Gasteiger partial charge in [0.15, 0.2) is 0 Å². The Morgan fingerprint density at radius 2 is 2.00 bits per heavy atom. The van der Waals surface area contributed by atoms with Crippen molar-refractivity contribution in [3.63, 3.8) is 0 Å². The van der Waals surface area contributed by atoms with Gasteiger partial charge in [0.25, 0.3) is 0 Å². The monoisotopic (exact) mass is 313 g/mol. The zero-order valence-corrected chi connectivity index (χ0v) is 12.6. The van der Waals surface area contributed by atoms with Gasteiger partial charge in [0, 0.05) is 6.42 Å². The average molecular weight is 313 g/mol. The summed E-state index contributed by atoms with van der Waals surface area (Å²) < 4.78 is 4.29. The number of hydrogen-bond donors (Lipinski definition) is 2. The van der Waals surface area contributed by atoms with Gasteiger partial charge in [0.2, 0.25) is 5.91 Å². The van der Waals surface area contributed by atoms with Gasteiger partial charge in [-0.05, 0) is 6.92 Å². The molecule has 0 fully saturated rings. The topological polar surface area (TPSA) is 118 Å². The first-order valence-corrected chi connectivity index (χ1v) is 6.99. The molecule has 1 heterocycles. The molecular formula is C12H15N3O5S. The summed E-state index contributed by atoms with van der Waals surface area (Å²) >= 11 is 0.928. The third kappa shape index (κ3) is 4.71. The largest absolute Gasteiger partial charge is 0.478 e. The Labute approximate surface area is 125 Å². The number of carboxylic acids is 1. The van der Waals surface area contributed by atoms with E-state index in [2.05, 4.69) is 14.7 Å². The van der Waals surface area contributed by atoms with E-state index in [0.29, 0.717) is 17.9 Å². The van der Waals surface area contributed by atoms with E-state index in [1.807, 2.05) is 12.2 Å². The number of thioether (sulfide) groups is 1. The molecule has 2 amide bonds. The molecule has 21 heavy (non-hydrogen) atoms. The van der Waals surface area contributed by atoms with Gasteiger partial charge in [-0.25, -0.2) is 19.6 Å². The van der Waals surface area contributed by atoms with Crippen LogP contribution in [0.15, 0.2) is 5.03 Å². The van der Waals surface area contributed by atoms with Crippen molar-refractivity contribution in [3.05, 3.63) is 17.1 Å². The predicted octanol–water partition coefficient (Wildman–Crippen LogP) is 1.02. The summed E-state index contributed by atoms with van der Waals surface area (Å²) in [5.41, 5.74) is 0.299. The van der Waals surface area contributed by atoms with Crippen LogP contribution in [0.25, 0.3) is 0 Å². The molecule has 1 aromatic rings. The van der Waals surface area contributed by atoms with Crippen molar-refractivity contribution in [2.75, 3.05) is 12.9 Å². The molecule has 0 bridgehead atoms. The third-order valence-corrected chi connectivity index (χ3v) is 3.38. The van der Waals surface area contributed by atoms with Gasteiger partial charge in [0.1, 0.15) is 16.4 Å². The van der Waals surface area contributed by atoms with Gasteiger partial charge in [-0.2, -0.15) is 0 Å². The van der Waals surface area contributed by atoms with Crippen LogP contribution in [0.5, 0.6) is 0 Å². The summed E-state index contributed by atoms with van der Waals surface area (Å²) in [5, 5.41) is 11.4. The minimum Gasteiger partial charge on any atom is -0.478 e. The summed E-state index contributed by atoms with van der Waals surface area (Å²) in [6, 6.07) is 0. The van der Waals surface area contributed by atoms with Gasteiger partial charge in [0.05, 0.1) is 18.6 Å². The first kappa shape index (κ1) is 16.9. The Balaban J connectivity index is 2.91. The number of nitrogens with one attached hydrogen (secondary N) is 1. The molecular weight excluding hydrogens is 298 g/mol. The SMILES string of the molecule is CCc1nc(C)c(C(=O)O)c(SCC(=O)NC(=O)OC)n1. The number of alkyl carbamates (subject to hydrolysis) is 1. The van der Waals surface area contributed by atoms with Crippen molar-refractivity contribution in [1.82, 2.24) is 15.3 Å². The average Bonchev–Trinajstić information content (AvgIpc) is 2.43. The molecule has 0 unspecified atom stereocenters. The number of aryl methyl sites for hydroxylation is 2. The van der Waals surface area contributed by atoms with Crippen LogP contribution in [0, 0.1) is 6.92 Å². The van der Waals surface area contributed by atoms with Crippen LogP contribution >= 0.6 is 11.8 Å². The van der Waals surface area contributed by atoms with E-state index in [4.69, 9.17) is 0 Å². The summed E-state index contributed by atoms with van der Waals surface area (Å²) in [4.78, 5) is 41.8. The molecule has 8 nitrogen and oxygen atoms in total. The maximum atomic E-state index is 11.5. The minimum absolute atomic E-state index is 0.0388. The highest BCUT2D eigenvalue weighted by atomic mass is 32.2. The second-order valence-electron chi connectivity index (χ2n) is 3.89. The molecule has 0 aromatic carbocycles. The molecule has 0 aliphatic carbocycles. The van der Waals surface area contributed by atoms with Crippen molar-refractivity contribution in [1.29, 1.82) is 0 Å². The number of hydrogen-bond acceptors (Lipinski definition) is 7. The smallest absolute Gasteiger partial charge is 0.413 e. The van der Waals surface area contributed by atoms with Crippen LogP contribution in [0.2, 0.25) is 0 Å². The maximum absolute atomic E-state index is 11.5. The van der Waals surface area contributed by atoms with Crippen molar-refractivity contribution >= 4 is 29.7 Å². The molecule has 0 spiro atoms. The Kier molecular flexibility index (Phi) is 6.10. The number of carboxylic acid groups (broad SMARTS) is 1. The molecule has 0 aliphatic rings. The number of imide groups is 1. The summed E-state index contributed by atoms with van der Waals surface area (Å²) in [5.74, 6) is -1.42. The van der Waals surface area contributed by atoms with Crippen molar-refractivity contribution in [2.24, 2.45) is 0 Å². The molecule has 1 aromatic heterocycles. The molecule has 0 saturated heterocycles. The molecule has 114 valence electrons. The first-order chi connectivity index (χ1) is 9.88. The number of carbonyl (C=O) groups excluding carboxylic acids is 2. The number of ether oxygens (including phenoxy) is 1. The number of aromatic nitrogens is 2. The van der Waals surface area contributed by atoms with Crippen molar-refractivity contribution in [3.8, 4) is 0 Å². The zero-order valence-electron chi connectivity index (χ0n) is 11.8. The second kappa shape index (κ2) is 7.58. The van der Waals surface area contributed by atoms with Crippen LogP contribution in [0.4, 0.5) is 4.79 Å². The van der Waals surface area contributed by atoms with Gasteiger partial charge in [-0.15, -0.1) is 0 Å². The van der Waals surface area contributed by atoms with Gasteiger partial charge in [-0.3, -0.25) is 10.1 Å². The molecule has 1 rings (SSSR count). The fraction of sp³-hybridized carbons (Fsp3) is 0.417. The fourth-order valence-corrected chi connectivity index (χ4v) is 2.34. The molecule has 0 atom stereocenters. The fourth-order valence-electron chi connectivity index (χ4n) is 1.45. The summed E-state index contributed by atoms with van der Waals surface area (Å²) in [7, 11) is 1.14. The number of amides is 2. The van der Waals surface area contributed by atoms with Gasteiger partial charge >= 0.3 is 12.1 Å². The highest BCUT2D eigenvalue weighted by Crippen LogP contribution is 2.22. The summed E-state index contributed by atoms with van der Waals surface area (Å²) in [6.45, 7) is 3.41. The third-order valence-electron chi connectivity index (χ3n) is 2.40. The van der Waals surface area contributed by atoms with Crippen molar-refractivity contribution < 1.29 is 24.2 Å². The molecule has 0 aliphatic heterocycles. The number of methoxy groups -OCH3 is 1. The standard InChI is InChI=1S/C12H15N3O5S/c1-4-7-13-6(2)9(11(17)18)10(14-7)21-5-8(16)15-12(19)20-3/h4-5H2,1-3H3,(H,17,18)(H,15,16,19). The number of carbonyl (C=O) groups is 3. The molecule has 2 N–H and O–H groups in total. The number of aromatic carboxylic acids is 1. The molecule has 0 saturated carbocycles. The lowest BCUT2D eigenvalue weighted by atomic mass is 10.2. The minimum atomic E-state index is -1.16. The lowest BCUT2D eigenvalue weighted by molar-refractivity contribution is -0.117. The van der Waals surface area contributed by atoms with Gasteiger partial charge < -0.3 is 9.84 Å². The molecule has 0 radical (unpaired) electrons. The Morgan fingerprint density at radius 1 is 1.33 bits per heavy atom. The highest BCUT2D eigenvalue weighted by Gasteiger charge is 2.19. The van der Waals surface area contributed by atoms with E-state index in [1.165, 1.54) is 0 Å². The Hall–Kier alpha value is -2.16. The Morgan fingerprint density at radius 3 is 2.52 bits per heavy atom. The quantitative estimate of drug-likeness (QED) is 0.611. The zero-order chi connectivity index (χ0) is 16.0. The molecule has 9 heteroatoms. The lowest BCUT2D eigenvalue weighted by Crippen LogP contribution is -2.31. The van der Waals surface area contributed by atoms with Gasteiger partial charge in [-0.1, -0.05) is 18.7 Å². The second-order valence-corrected chi connectivity index (χ2v) is 4.86. The van der Waals surface area contributed by atoms with E-state index >= 15 is 0 Å². The number of rotatable bonds is 5. The maximum Gasteiger partial charge on any atom is 0.413 e. The van der Waals surface area contributed by atoms with Crippen LogP contribution < -0.4 is 5.32 Å². The van der Waals surface area contributed by atoms with Crippen LogP contribution in [0.1, 0.15) is 28.8 Å². The van der Waals surface area contributed by atoms with E-state index in [1.54, 1.807) is 6.92 Å². The lowest BCUT2D eigenvalue weighted by Gasteiger charge is -2.09. The van der Waals surface area contributed by atoms with Crippen LogP contribution in [0.3, 0.4) is 0 Å². The highest BCUT2D eigenvalue weighted by molar-refractivity contribution is 8.00. The van der Waals surface area contributed by atoms with Crippen molar-refractivity contribution in [2.45, 2.75) is 25.3 Å². The van der Waals surface area contributed by atoms with Crippen LogP contribution in [-0.4, -0.2) is 45.9 Å². The van der Waals surface area contributed by atoms with E-state index in [-0.39, 0.29) is 16.3 Å².